The molecule has 1 aliphatic rings. The molecule has 0 radical (unpaired) electrons. The van der Waals surface area contributed by atoms with Crippen molar-refractivity contribution in [3.63, 3.8) is 0 Å². The zero-order valence-electron chi connectivity index (χ0n) is 13.1. The fourth-order valence-corrected chi connectivity index (χ4v) is 3.22. The number of nitrogens with one attached hydrogen (secondary N) is 1. The lowest BCUT2D eigenvalue weighted by Gasteiger charge is -2.13. The molecule has 7 nitrogen and oxygen atoms in total. The lowest BCUT2D eigenvalue weighted by molar-refractivity contribution is -0.115. The minimum atomic E-state index is -1.38. The molecule has 0 saturated heterocycles. The van der Waals surface area contributed by atoms with Gasteiger partial charge in [0.2, 0.25) is 5.91 Å². The summed E-state index contributed by atoms with van der Waals surface area (Å²) in [4.78, 5) is 12.3. The van der Waals surface area contributed by atoms with E-state index in [1.54, 1.807) is 11.6 Å². The monoisotopic (exact) mass is 333 g/mol. The van der Waals surface area contributed by atoms with Gasteiger partial charge in [0.25, 0.3) is 0 Å². The van der Waals surface area contributed by atoms with Crippen molar-refractivity contribution in [1.29, 1.82) is 0 Å². The molecule has 3 rings (SSSR count). The van der Waals surface area contributed by atoms with E-state index in [0.29, 0.717) is 11.9 Å². The highest BCUT2D eigenvalue weighted by atomic mass is 32.2. The van der Waals surface area contributed by atoms with Crippen molar-refractivity contribution in [2.24, 2.45) is 0 Å². The molecule has 1 aliphatic carbocycles. The molecule has 0 aliphatic heterocycles. The molecule has 1 N–H and O–H groups in total. The quantitative estimate of drug-likeness (QED) is 0.867. The van der Waals surface area contributed by atoms with Gasteiger partial charge in [-0.05, 0) is 48.7 Å². The van der Waals surface area contributed by atoms with E-state index < -0.39 is 16.0 Å². The molecule has 2 atom stereocenters. The molecule has 1 aromatic heterocycles. The molecule has 0 spiro atoms. The number of carbonyl (C=O) groups excluding carboxylic acids is 1. The molecule has 1 fully saturated rings. The van der Waals surface area contributed by atoms with Gasteiger partial charge < -0.3 is 5.32 Å². The maximum atomic E-state index is 12.5. The van der Waals surface area contributed by atoms with Gasteiger partial charge >= 0.3 is 0 Å². The van der Waals surface area contributed by atoms with Crippen LogP contribution in [0.15, 0.2) is 24.3 Å². The van der Waals surface area contributed by atoms with Gasteiger partial charge in [-0.3, -0.25) is 9.00 Å². The summed E-state index contributed by atoms with van der Waals surface area (Å²) in [5, 5.41) is 13.7. The number of rotatable bonds is 6. The SMILES string of the molecule is Cc1ccccc1NC(=O)[C@H](C)[S@](=O)Cc1nnnn1C1CC1. The van der Waals surface area contributed by atoms with Crippen LogP contribution >= 0.6 is 0 Å². The standard InChI is InChI=1S/C15H19N5O2S/c1-10-5-3-4-6-13(10)16-15(21)11(2)23(22)9-14-17-18-19-20(14)12-7-8-12/h3-6,11-12H,7-9H2,1-2H3,(H,16,21)/t11-,23+/m0/s1. The molecule has 1 amide bonds. The minimum absolute atomic E-state index is 0.186. The predicted molar refractivity (Wildman–Crippen MR) is 87.2 cm³/mol. The third-order valence-corrected chi connectivity index (χ3v) is 5.44. The number of amides is 1. The van der Waals surface area contributed by atoms with E-state index in [1.165, 1.54) is 0 Å². The lowest BCUT2D eigenvalue weighted by Crippen LogP contribution is -2.30. The van der Waals surface area contributed by atoms with Crippen LogP contribution in [0, 0.1) is 6.92 Å². The summed E-state index contributed by atoms with van der Waals surface area (Å²) < 4.78 is 14.2. The fraction of sp³-hybridized carbons (Fsp3) is 0.467. The third-order valence-electron chi connectivity index (χ3n) is 3.89. The van der Waals surface area contributed by atoms with Crippen molar-refractivity contribution in [2.45, 2.75) is 43.7 Å². The van der Waals surface area contributed by atoms with Crippen molar-refractivity contribution in [3.8, 4) is 0 Å². The number of hydrogen-bond acceptors (Lipinski definition) is 5. The number of carbonyl (C=O) groups is 1. The predicted octanol–water partition coefficient (Wildman–Crippen LogP) is 1.59. The number of hydrogen-bond donors (Lipinski definition) is 1. The number of benzene rings is 1. The summed E-state index contributed by atoms with van der Waals surface area (Å²) in [6.45, 7) is 3.58. The molecule has 1 saturated carbocycles. The van der Waals surface area contributed by atoms with Crippen LogP contribution in [0.5, 0.6) is 0 Å². The van der Waals surface area contributed by atoms with Crippen LogP contribution in [-0.2, 0) is 21.3 Å². The zero-order chi connectivity index (χ0) is 16.4. The number of tetrazole rings is 1. The first-order valence-corrected chi connectivity index (χ1v) is 8.95. The summed E-state index contributed by atoms with van der Waals surface area (Å²) in [5.74, 6) is 0.510. The number of aryl methyl sites for hydroxylation is 1. The Morgan fingerprint density at radius 1 is 1.43 bits per heavy atom. The Kier molecular flexibility index (Phi) is 4.51. The summed E-state index contributed by atoms with van der Waals surface area (Å²) in [7, 11) is -1.38. The molecule has 2 aromatic rings. The number of anilines is 1. The van der Waals surface area contributed by atoms with Crippen LogP contribution in [0.25, 0.3) is 0 Å². The van der Waals surface area contributed by atoms with Gasteiger partial charge in [-0.1, -0.05) is 18.2 Å². The Bertz CT molecular complexity index is 741. The fourth-order valence-electron chi connectivity index (χ4n) is 2.23. The molecule has 122 valence electrons. The van der Waals surface area contributed by atoms with E-state index in [2.05, 4.69) is 20.8 Å². The Morgan fingerprint density at radius 3 is 2.87 bits per heavy atom. The van der Waals surface area contributed by atoms with Crippen molar-refractivity contribution in [3.05, 3.63) is 35.7 Å². The van der Waals surface area contributed by atoms with Gasteiger partial charge in [0, 0.05) is 16.5 Å². The number of aromatic nitrogens is 4. The summed E-state index contributed by atoms with van der Waals surface area (Å²) >= 11 is 0. The van der Waals surface area contributed by atoms with Crippen LogP contribution in [-0.4, -0.2) is 35.6 Å². The lowest BCUT2D eigenvalue weighted by atomic mass is 10.2. The second-order valence-electron chi connectivity index (χ2n) is 5.74. The van der Waals surface area contributed by atoms with Crippen molar-refractivity contribution in [2.75, 3.05) is 5.32 Å². The van der Waals surface area contributed by atoms with Crippen LogP contribution in [0.1, 0.15) is 37.2 Å². The Labute approximate surface area is 136 Å². The van der Waals surface area contributed by atoms with Crippen molar-refractivity contribution >= 4 is 22.4 Å². The van der Waals surface area contributed by atoms with Crippen LogP contribution in [0.3, 0.4) is 0 Å². The summed E-state index contributed by atoms with van der Waals surface area (Å²) in [6, 6.07) is 7.84. The Morgan fingerprint density at radius 2 is 2.17 bits per heavy atom. The van der Waals surface area contributed by atoms with E-state index in [9.17, 15) is 9.00 Å². The molecular formula is C15H19N5O2S. The van der Waals surface area contributed by atoms with E-state index in [4.69, 9.17) is 0 Å². The normalized spacial score (nSPS) is 16.8. The molecule has 1 heterocycles. The second-order valence-corrected chi connectivity index (χ2v) is 7.50. The minimum Gasteiger partial charge on any atom is -0.325 e. The molecule has 1 aromatic carbocycles. The topological polar surface area (TPSA) is 89.8 Å². The van der Waals surface area contributed by atoms with Gasteiger partial charge in [0.05, 0.1) is 11.8 Å². The van der Waals surface area contributed by atoms with Gasteiger partial charge in [0.1, 0.15) is 5.25 Å². The first-order chi connectivity index (χ1) is 11.1. The smallest absolute Gasteiger partial charge is 0.239 e. The van der Waals surface area contributed by atoms with E-state index in [0.717, 1.165) is 24.1 Å². The average molecular weight is 333 g/mol. The van der Waals surface area contributed by atoms with E-state index >= 15 is 0 Å². The largest absolute Gasteiger partial charge is 0.325 e. The van der Waals surface area contributed by atoms with Gasteiger partial charge in [-0.15, -0.1) is 5.10 Å². The average Bonchev–Trinajstić information content (AvgIpc) is 3.28. The van der Waals surface area contributed by atoms with Crippen LogP contribution < -0.4 is 5.32 Å². The number of nitrogens with zero attached hydrogens (tertiary/aromatic N) is 4. The van der Waals surface area contributed by atoms with Crippen molar-refractivity contribution in [1.82, 2.24) is 20.2 Å². The zero-order valence-corrected chi connectivity index (χ0v) is 13.9. The third kappa shape index (κ3) is 3.64. The van der Waals surface area contributed by atoms with Crippen LogP contribution in [0.2, 0.25) is 0 Å². The highest BCUT2D eigenvalue weighted by molar-refractivity contribution is 7.85. The molecular weight excluding hydrogens is 314 g/mol. The molecule has 0 unspecified atom stereocenters. The van der Waals surface area contributed by atoms with Crippen LogP contribution in [0.4, 0.5) is 5.69 Å². The van der Waals surface area contributed by atoms with Gasteiger partial charge in [-0.25, -0.2) is 4.68 Å². The first kappa shape index (κ1) is 15.8. The maximum Gasteiger partial charge on any atom is 0.239 e. The summed E-state index contributed by atoms with van der Waals surface area (Å²) in [6.07, 6.45) is 2.10. The second kappa shape index (κ2) is 6.57. The highest BCUT2D eigenvalue weighted by Gasteiger charge is 2.29. The number of para-hydroxylation sites is 1. The van der Waals surface area contributed by atoms with E-state index in [-0.39, 0.29) is 11.7 Å². The molecule has 23 heavy (non-hydrogen) atoms. The van der Waals surface area contributed by atoms with Gasteiger partial charge in [0.15, 0.2) is 5.82 Å². The Hall–Kier alpha value is -2.09. The highest BCUT2D eigenvalue weighted by Crippen LogP contribution is 2.34. The Balaban J connectivity index is 1.63. The summed E-state index contributed by atoms with van der Waals surface area (Å²) in [5.41, 5.74) is 1.71. The van der Waals surface area contributed by atoms with Gasteiger partial charge in [-0.2, -0.15) is 0 Å². The van der Waals surface area contributed by atoms with E-state index in [1.807, 2.05) is 31.2 Å². The molecule has 8 heteroatoms. The maximum absolute atomic E-state index is 12.5. The molecule has 0 bridgehead atoms. The first-order valence-electron chi connectivity index (χ1n) is 7.56. The van der Waals surface area contributed by atoms with Crippen molar-refractivity contribution < 1.29 is 9.00 Å².